The molecule has 0 atom stereocenters. The number of thioether (sulfide) groups is 1. The lowest BCUT2D eigenvalue weighted by Crippen LogP contribution is -2.12. The van der Waals surface area contributed by atoms with Crippen molar-refractivity contribution in [3.8, 4) is 29.0 Å². The minimum Gasteiger partial charge on any atom is -0.493 e. The summed E-state index contributed by atoms with van der Waals surface area (Å²) >= 11 is 1.35. The van der Waals surface area contributed by atoms with Crippen molar-refractivity contribution >= 4 is 11.8 Å². The molecular formula is C18H15F2N5O2S. The second-order valence-corrected chi connectivity index (χ2v) is 6.48. The zero-order valence-corrected chi connectivity index (χ0v) is 15.3. The van der Waals surface area contributed by atoms with Crippen LogP contribution < -0.4 is 15.3 Å². The molecule has 0 aliphatic heterocycles. The van der Waals surface area contributed by atoms with E-state index >= 15 is 0 Å². The highest BCUT2D eigenvalue weighted by molar-refractivity contribution is 7.99. The molecule has 28 heavy (non-hydrogen) atoms. The second-order valence-electron chi connectivity index (χ2n) is 5.42. The van der Waals surface area contributed by atoms with Gasteiger partial charge < -0.3 is 15.3 Å². The fourth-order valence-corrected chi connectivity index (χ4v) is 2.98. The molecular weight excluding hydrogens is 388 g/mol. The number of aromatic nitrogens is 3. The molecule has 0 aliphatic rings. The number of alkyl halides is 2. The molecule has 1 heterocycles. The number of rotatable bonds is 8. The number of benzene rings is 2. The molecule has 3 rings (SSSR count). The summed E-state index contributed by atoms with van der Waals surface area (Å²) in [7, 11) is 0. The molecule has 144 valence electrons. The summed E-state index contributed by atoms with van der Waals surface area (Å²) in [5.41, 5.74) is 1.15. The third-order valence-electron chi connectivity index (χ3n) is 3.55. The largest absolute Gasteiger partial charge is 0.493 e. The van der Waals surface area contributed by atoms with Gasteiger partial charge in [0.2, 0.25) is 5.16 Å². The van der Waals surface area contributed by atoms with Crippen LogP contribution in [0, 0.1) is 11.3 Å². The lowest BCUT2D eigenvalue weighted by molar-refractivity contribution is -0.0498. The summed E-state index contributed by atoms with van der Waals surface area (Å²) in [6.45, 7) is -2.49. The zero-order chi connectivity index (χ0) is 19.9. The molecule has 0 aliphatic carbocycles. The molecule has 0 unspecified atom stereocenters. The van der Waals surface area contributed by atoms with Crippen LogP contribution in [0.25, 0.3) is 11.4 Å². The zero-order valence-electron chi connectivity index (χ0n) is 14.5. The molecule has 3 aromatic rings. The minimum atomic E-state index is -2.88. The Labute approximate surface area is 163 Å². The molecule has 1 aromatic heterocycles. The smallest absolute Gasteiger partial charge is 0.387 e. The predicted molar refractivity (Wildman–Crippen MR) is 99.6 cm³/mol. The molecule has 0 saturated heterocycles. The SMILES string of the molecule is N#Cc1cccc(OCCSc2nnc(-c3ccc(OC(F)F)cc3)n2N)c1. The molecule has 0 amide bonds. The fraction of sp³-hybridized carbons (Fsp3) is 0.167. The van der Waals surface area contributed by atoms with E-state index in [1.165, 1.54) is 28.6 Å². The number of nitrogens with zero attached hydrogens (tertiary/aromatic N) is 4. The van der Waals surface area contributed by atoms with Gasteiger partial charge in [0, 0.05) is 11.3 Å². The Morgan fingerprint density at radius 3 is 2.64 bits per heavy atom. The van der Waals surface area contributed by atoms with Crippen molar-refractivity contribution in [1.82, 2.24) is 14.9 Å². The van der Waals surface area contributed by atoms with Gasteiger partial charge in [-0.15, -0.1) is 10.2 Å². The van der Waals surface area contributed by atoms with E-state index in [4.69, 9.17) is 15.8 Å². The average Bonchev–Trinajstić information content (AvgIpc) is 3.06. The molecule has 2 aromatic carbocycles. The lowest BCUT2D eigenvalue weighted by Gasteiger charge is -2.07. The molecule has 10 heteroatoms. The normalized spacial score (nSPS) is 10.6. The van der Waals surface area contributed by atoms with E-state index in [2.05, 4.69) is 21.0 Å². The van der Waals surface area contributed by atoms with Crippen molar-refractivity contribution in [2.75, 3.05) is 18.2 Å². The van der Waals surface area contributed by atoms with Gasteiger partial charge in [0.25, 0.3) is 0 Å². The Kier molecular flexibility index (Phi) is 6.29. The first kappa shape index (κ1) is 19.4. The quantitative estimate of drug-likeness (QED) is 0.350. The van der Waals surface area contributed by atoms with E-state index in [1.54, 1.807) is 36.4 Å². The minimum absolute atomic E-state index is 0.0500. The third kappa shape index (κ3) is 4.89. The van der Waals surface area contributed by atoms with E-state index < -0.39 is 6.61 Å². The highest BCUT2D eigenvalue weighted by Gasteiger charge is 2.13. The molecule has 0 fully saturated rings. The van der Waals surface area contributed by atoms with E-state index in [9.17, 15) is 8.78 Å². The van der Waals surface area contributed by atoms with E-state index in [-0.39, 0.29) is 5.75 Å². The third-order valence-corrected chi connectivity index (χ3v) is 4.46. The first-order valence-corrected chi connectivity index (χ1v) is 9.07. The monoisotopic (exact) mass is 403 g/mol. The van der Waals surface area contributed by atoms with Crippen molar-refractivity contribution in [3.63, 3.8) is 0 Å². The van der Waals surface area contributed by atoms with Crippen molar-refractivity contribution in [2.45, 2.75) is 11.8 Å². The van der Waals surface area contributed by atoms with Gasteiger partial charge in [0.05, 0.1) is 18.2 Å². The first-order valence-electron chi connectivity index (χ1n) is 8.08. The standard InChI is InChI=1S/C18H15F2N5O2S/c19-17(20)27-14-6-4-13(5-7-14)16-23-24-18(25(16)22)28-9-8-26-15-3-1-2-12(10-15)11-21/h1-7,10,17H,8-9,22H2. The highest BCUT2D eigenvalue weighted by Crippen LogP contribution is 2.24. The summed E-state index contributed by atoms with van der Waals surface area (Å²) in [4.78, 5) is 0. The molecule has 7 nitrogen and oxygen atoms in total. The number of hydrogen-bond donors (Lipinski definition) is 1. The summed E-state index contributed by atoms with van der Waals surface area (Å²) in [6.07, 6.45) is 0. The maximum atomic E-state index is 12.2. The molecule has 0 bridgehead atoms. The van der Waals surface area contributed by atoms with Crippen LogP contribution in [-0.2, 0) is 0 Å². The Morgan fingerprint density at radius 1 is 1.14 bits per heavy atom. The number of nitriles is 1. The Hall–Kier alpha value is -3.32. The Balaban J connectivity index is 1.56. The summed E-state index contributed by atoms with van der Waals surface area (Å²) in [5.74, 6) is 7.65. The van der Waals surface area contributed by atoms with Gasteiger partial charge in [-0.1, -0.05) is 17.8 Å². The maximum Gasteiger partial charge on any atom is 0.387 e. The van der Waals surface area contributed by atoms with Crippen LogP contribution in [0.3, 0.4) is 0 Å². The van der Waals surface area contributed by atoms with Crippen LogP contribution in [-0.4, -0.2) is 33.8 Å². The van der Waals surface area contributed by atoms with Crippen LogP contribution in [0.2, 0.25) is 0 Å². The number of halogens is 2. The summed E-state index contributed by atoms with van der Waals surface area (Å²) in [5, 5.41) is 17.4. The topological polar surface area (TPSA) is 99.0 Å². The fourth-order valence-electron chi connectivity index (χ4n) is 2.31. The van der Waals surface area contributed by atoms with Gasteiger partial charge in [-0.3, -0.25) is 0 Å². The lowest BCUT2D eigenvalue weighted by atomic mass is 10.2. The van der Waals surface area contributed by atoms with Gasteiger partial charge in [-0.05, 0) is 42.5 Å². The Morgan fingerprint density at radius 2 is 1.93 bits per heavy atom. The van der Waals surface area contributed by atoms with Crippen molar-refractivity contribution in [1.29, 1.82) is 5.26 Å². The summed E-state index contributed by atoms with van der Waals surface area (Å²) < 4.78 is 35.7. The second kappa shape index (κ2) is 9.05. The van der Waals surface area contributed by atoms with Crippen molar-refractivity contribution < 1.29 is 18.3 Å². The van der Waals surface area contributed by atoms with Crippen molar-refractivity contribution in [3.05, 3.63) is 54.1 Å². The molecule has 0 radical (unpaired) electrons. The summed E-state index contributed by atoms with van der Waals surface area (Å²) in [6, 6.07) is 14.9. The average molecular weight is 403 g/mol. The van der Waals surface area contributed by atoms with E-state index in [0.29, 0.717) is 40.2 Å². The van der Waals surface area contributed by atoms with Crippen LogP contribution >= 0.6 is 11.8 Å². The Bertz CT molecular complexity index is 973. The van der Waals surface area contributed by atoms with E-state index in [1.807, 2.05) is 0 Å². The van der Waals surface area contributed by atoms with Crippen LogP contribution in [0.5, 0.6) is 11.5 Å². The first-order chi connectivity index (χ1) is 13.6. The highest BCUT2D eigenvalue weighted by atomic mass is 32.2. The van der Waals surface area contributed by atoms with Crippen molar-refractivity contribution in [2.24, 2.45) is 0 Å². The number of ether oxygens (including phenoxy) is 2. The number of nitrogens with two attached hydrogens (primary N) is 1. The van der Waals surface area contributed by atoms with Crippen LogP contribution in [0.15, 0.2) is 53.7 Å². The van der Waals surface area contributed by atoms with Gasteiger partial charge in [0.15, 0.2) is 5.82 Å². The van der Waals surface area contributed by atoms with Gasteiger partial charge in [-0.25, -0.2) is 4.68 Å². The number of hydrogen-bond acceptors (Lipinski definition) is 7. The van der Waals surface area contributed by atoms with Crippen LogP contribution in [0.1, 0.15) is 5.56 Å². The van der Waals surface area contributed by atoms with Crippen LogP contribution in [0.4, 0.5) is 8.78 Å². The number of nitrogen functional groups attached to an aromatic ring is 1. The predicted octanol–water partition coefficient (Wildman–Crippen LogP) is 3.30. The van der Waals surface area contributed by atoms with Gasteiger partial charge in [-0.2, -0.15) is 14.0 Å². The van der Waals surface area contributed by atoms with Gasteiger partial charge >= 0.3 is 6.61 Å². The molecule has 0 saturated carbocycles. The molecule has 0 spiro atoms. The van der Waals surface area contributed by atoms with Gasteiger partial charge in [0.1, 0.15) is 11.5 Å². The van der Waals surface area contributed by atoms with E-state index in [0.717, 1.165) is 0 Å². The maximum absolute atomic E-state index is 12.2. The molecule has 2 N–H and O–H groups in total.